The quantitative estimate of drug-likeness (QED) is 0.294. The van der Waals surface area contributed by atoms with E-state index in [1.807, 2.05) is 52.1 Å². The molecule has 10 nitrogen and oxygen atoms in total. The summed E-state index contributed by atoms with van der Waals surface area (Å²) in [6.07, 6.45) is 3.43. The molecule has 2 aliphatic rings. The summed E-state index contributed by atoms with van der Waals surface area (Å²) in [5.74, 6) is 0.0911. The maximum Gasteiger partial charge on any atom is 0.326 e. The average Bonchev–Trinajstić information content (AvgIpc) is 3.64. The lowest BCUT2D eigenvalue weighted by Gasteiger charge is -2.39. The number of nitrogens with one attached hydrogen (secondary N) is 1. The number of thiophene rings is 1. The van der Waals surface area contributed by atoms with E-state index in [0.29, 0.717) is 71.1 Å². The van der Waals surface area contributed by atoms with Crippen LogP contribution in [0.25, 0.3) is 11.0 Å². The monoisotopic (exact) mass is 585 g/mol. The van der Waals surface area contributed by atoms with Crippen LogP contribution in [-0.4, -0.2) is 84.5 Å². The SMILES string of the molecule is CCO[C@@H]1OC(C(=O)N2CCC(n3c(=O)[nH]c4ccccc43)CC2)=C[C@H](c2ccsc2)[C@H]1CCOCCOCCO. The summed E-state index contributed by atoms with van der Waals surface area (Å²) in [5.41, 5.74) is 2.74. The number of rotatable bonds is 13. The summed E-state index contributed by atoms with van der Waals surface area (Å²) < 4.78 is 25.2. The van der Waals surface area contributed by atoms with Gasteiger partial charge < -0.3 is 33.9 Å². The Morgan fingerprint density at radius 1 is 1.12 bits per heavy atom. The van der Waals surface area contributed by atoms with Gasteiger partial charge in [0.25, 0.3) is 5.91 Å². The van der Waals surface area contributed by atoms with Gasteiger partial charge in [0.15, 0.2) is 5.76 Å². The van der Waals surface area contributed by atoms with Gasteiger partial charge in [-0.05, 0) is 66.8 Å². The number of likely N-dealkylation sites (tertiary alicyclic amines) is 1. The number of nitrogens with zero attached hydrogens (tertiary/aromatic N) is 2. The molecule has 0 unspecified atom stereocenters. The van der Waals surface area contributed by atoms with Crippen LogP contribution >= 0.6 is 11.3 Å². The van der Waals surface area contributed by atoms with Crippen molar-refractivity contribution in [1.29, 1.82) is 0 Å². The molecule has 0 radical (unpaired) electrons. The lowest BCUT2D eigenvalue weighted by molar-refractivity contribution is -0.172. The van der Waals surface area contributed by atoms with Crippen LogP contribution in [0.3, 0.4) is 0 Å². The van der Waals surface area contributed by atoms with Gasteiger partial charge in [-0.2, -0.15) is 11.3 Å². The number of carbonyl (C=O) groups excluding carboxylic acids is 1. The molecule has 222 valence electrons. The van der Waals surface area contributed by atoms with E-state index < -0.39 is 6.29 Å². The molecule has 1 fully saturated rings. The minimum Gasteiger partial charge on any atom is -0.459 e. The third kappa shape index (κ3) is 6.92. The van der Waals surface area contributed by atoms with Gasteiger partial charge in [0.05, 0.1) is 37.5 Å². The predicted octanol–water partition coefficient (Wildman–Crippen LogP) is 3.65. The summed E-state index contributed by atoms with van der Waals surface area (Å²) in [6, 6.07) is 9.82. The molecular weight excluding hydrogens is 546 g/mol. The van der Waals surface area contributed by atoms with Gasteiger partial charge in [0.1, 0.15) is 0 Å². The van der Waals surface area contributed by atoms with Crippen LogP contribution < -0.4 is 5.69 Å². The molecule has 2 N–H and O–H groups in total. The number of H-pyrrole nitrogens is 1. The van der Waals surface area contributed by atoms with Gasteiger partial charge >= 0.3 is 5.69 Å². The van der Waals surface area contributed by atoms with Crippen LogP contribution in [0.4, 0.5) is 0 Å². The summed E-state index contributed by atoms with van der Waals surface area (Å²) >= 11 is 1.62. The number of amides is 1. The standard InChI is InChI=1S/C30H39N3O7S/c1-2-39-29-23(9-14-37-16-17-38-15-13-34)24(21-10-18-41-20-21)19-27(40-29)28(35)32-11-7-22(8-12-32)33-26-6-4-3-5-25(26)31-30(33)36/h3-6,10,18-20,22-24,29,34H,2,7-9,11-17H2,1H3,(H,31,36)/t23-,24-,29-/m1/s1. The molecule has 3 atom stereocenters. The minimum atomic E-state index is -0.578. The van der Waals surface area contributed by atoms with Gasteiger partial charge in [0.2, 0.25) is 6.29 Å². The van der Waals surface area contributed by atoms with Crippen LogP contribution in [-0.2, 0) is 23.7 Å². The molecule has 2 aliphatic heterocycles. The first-order valence-corrected chi connectivity index (χ1v) is 15.3. The zero-order chi connectivity index (χ0) is 28.6. The van der Waals surface area contributed by atoms with E-state index in [2.05, 4.69) is 16.4 Å². The molecule has 0 aliphatic carbocycles. The normalized spacial score (nSPS) is 21.7. The molecule has 2 aromatic heterocycles. The van der Waals surface area contributed by atoms with Crippen LogP contribution in [0.15, 0.2) is 57.7 Å². The number of aromatic amines is 1. The number of aliphatic hydroxyl groups excluding tert-OH is 1. The number of allylic oxidation sites excluding steroid dienone is 1. The lowest BCUT2D eigenvalue weighted by Crippen LogP contribution is -2.44. The second-order valence-corrected chi connectivity index (χ2v) is 11.1. The molecule has 0 saturated carbocycles. The number of imidazole rings is 1. The van der Waals surface area contributed by atoms with Crippen LogP contribution in [0.2, 0.25) is 0 Å². The number of aliphatic hydroxyl groups is 1. The first-order valence-electron chi connectivity index (χ1n) is 14.4. The molecular formula is C30H39N3O7S. The Labute approximate surface area is 243 Å². The molecule has 1 aromatic carbocycles. The molecule has 3 aromatic rings. The highest BCUT2D eigenvalue weighted by atomic mass is 32.1. The summed E-state index contributed by atoms with van der Waals surface area (Å²) in [4.78, 5) is 31.2. The van der Waals surface area contributed by atoms with E-state index in [1.165, 1.54) is 0 Å². The molecule has 0 bridgehead atoms. The number of fused-ring (bicyclic) bond motifs is 1. The Bertz CT molecular complexity index is 1340. The molecule has 11 heteroatoms. The molecule has 5 rings (SSSR count). The number of ether oxygens (including phenoxy) is 4. The lowest BCUT2D eigenvalue weighted by atomic mass is 9.82. The highest BCUT2D eigenvalue weighted by molar-refractivity contribution is 7.08. The number of hydrogen-bond donors (Lipinski definition) is 2. The molecule has 1 amide bonds. The number of para-hydroxylation sites is 2. The summed E-state index contributed by atoms with van der Waals surface area (Å²) in [5, 5.41) is 13.0. The number of carbonyl (C=O) groups is 1. The van der Waals surface area contributed by atoms with E-state index in [9.17, 15) is 9.59 Å². The van der Waals surface area contributed by atoms with Crippen molar-refractivity contribution in [3.05, 3.63) is 69.0 Å². The van der Waals surface area contributed by atoms with E-state index in [4.69, 9.17) is 24.1 Å². The molecule has 1 saturated heterocycles. The van der Waals surface area contributed by atoms with E-state index >= 15 is 0 Å². The van der Waals surface area contributed by atoms with Crippen molar-refractivity contribution < 1.29 is 28.8 Å². The van der Waals surface area contributed by atoms with Gasteiger partial charge in [0, 0.05) is 44.2 Å². The predicted molar refractivity (Wildman–Crippen MR) is 156 cm³/mol. The Hall–Kier alpha value is -2.96. The van der Waals surface area contributed by atoms with Crippen molar-refractivity contribution in [2.24, 2.45) is 5.92 Å². The minimum absolute atomic E-state index is 0.00665. The van der Waals surface area contributed by atoms with Crippen molar-refractivity contribution in [3.8, 4) is 0 Å². The van der Waals surface area contributed by atoms with Gasteiger partial charge in [-0.25, -0.2) is 4.79 Å². The fourth-order valence-corrected chi connectivity index (χ4v) is 6.51. The highest BCUT2D eigenvalue weighted by Crippen LogP contribution is 2.40. The average molecular weight is 586 g/mol. The Morgan fingerprint density at radius 3 is 2.63 bits per heavy atom. The molecule has 4 heterocycles. The van der Waals surface area contributed by atoms with E-state index in [1.54, 1.807) is 11.3 Å². The van der Waals surface area contributed by atoms with E-state index in [0.717, 1.165) is 16.6 Å². The maximum absolute atomic E-state index is 13.7. The molecule has 41 heavy (non-hydrogen) atoms. The fraction of sp³-hybridized carbons (Fsp3) is 0.533. The number of piperidine rings is 1. The Balaban J connectivity index is 1.26. The summed E-state index contributed by atoms with van der Waals surface area (Å²) in [6.45, 7) is 5.11. The van der Waals surface area contributed by atoms with Crippen LogP contribution in [0.5, 0.6) is 0 Å². The van der Waals surface area contributed by atoms with Gasteiger partial charge in [-0.15, -0.1) is 0 Å². The molecule has 0 spiro atoms. The number of benzene rings is 1. The Morgan fingerprint density at radius 2 is 1.90 bits per heavy atom. The second kappa shape index (κ2) is 14.3. The maximum atomic E-state index is 13.7. The van der Waals surface area contributed by atoms with Gasteiger partial charge in [-0.1, -0.05) is 12.1 Å². The first-order chi connectivity index (χ1) is 20.1. The van der Waals surface area contributed by atoms with Crippen molar-refractivity contribution in [3.63, 3.8) is 0 Å². The van der Waals surface area contributed by atoms with Crippen LogP contribution in [0, 0.1) is 5.92 Å². The van der Waals surface area contributed by atoms with E-state index in [-0.39, 0.29) is 36.1 Å². The summed E-state index contributed by atoms with van der Waals surface area (Å²) in [7, 11) is 0. The fourth-order valence-electron chi connectivity index (χ4n) is 5.80. The third-order valence-corrected chi connectivity index (χ3v) is 8.50. The smallest absolute Gasteiger partial charge is 0.326 e. The van der Waals surface area contributed by atoms with Gasteiger partial charge in [-0.3, -0.25) is 9.36 Å². The second-order valence-electron chi connectivity index (χ2n) is 10.3. The zero-order valence-corrected chi connectivity index (χ0v) is 24.2. The topological polar surface area (TPSA) is 115 Å². The first kappa shape index (κ1) is 29.5. The highest BCUT2D eigenvalue weighted by Gasteiger charge is 2.39. The number of aromatic nitrogens is 2. The van der Waals surface area contributed by atoms with Crippen molar-refractivity contribution in [2.75, 3.05) is 52.7 Å². The largest absolute Gasteiger partial charge is 0.459 e. The van der Waals surface area contributed by atoms with Crippen LogP contribution in [0.1, 0.15) is 43.7 Å². The van der Waals surface area contributed by atoms with Crippen molar-refractivity contribution in [2.45, 2.75) is 44.4 Å². The zero-order valence-electron chi connectivity index (χ0n) is 23.4. The van der Waals surface area contributed by atoms with Crippen molar-refractivity contribution >= 4 is 28.3 Å². The number of hydrogen-bond acceptors (Lipinski definition) is 8. The Kier molecular flexibility index (Phi) is 10.3. The third-order valence-electron chi connectivity index (χ3n) is 7.80. The van der Waals surface area contributed by atoms with Crippen molar-refractivity contribution in [1.82, 2.24) is 14.5 Å².